The van der Waals surface area contributed by atoms with Crippen molar-refractivity contribution in [1.82, 2.24) is 0 Å². The minimum Gasteiger partial charge on any atom is -0.481 e. The van der Waals surface area contributed by atoms with Crippen LogP contribution in [0.3, 0.4) is 0 Å². The van der Waals surface area contributed by atoms with Crippen LogP contribution in [-0.4, -0.2) is 166 Å². The lowest BCUT2D eigenvalue weighted by Crippen LogP contribution is -2.18. The number of benzene rings is 4. The summed E-state index contributed by atoms with van der Waals surface area (Å²) in [5, 5.41) is 67.2. The molecule has 584 valence electrons. The Balaban J connectivity index is -0.000000257. The van der Waals surface area contributed by atoms with E-state index in [-0.39, 0.29) is 52.4 Å². The first-order valence-electron chi connectivity index (χ1n) is 33.0. The lowest BCUT2D eigenvalue weighted by atomic mass is 9.97. The van der Waals surface area contributed by atoms with Gasteiger partial charge in [0.2, 0.25) is 0 Å². The number of ether oxygens (including phenoxy) is 2. The van der Waals surface area contributed by atoms with E-state index in [0.29, 0.717) is 70.5 Å². The number of thioether (sulfide) groups is 2. The molecule has 28 heteroatoms. The minimum absolute atomic E-state index is 0.00565. The van der Waals surface area contributed by atoms with E-state index in [2.05, 4.69) is 13.8 Å². The SMILES string of the molecule is CC(C)/C=C/C(=O)O.CC(C)/C=C\C(=O)O.CC(C)CCC(=O)O.CC(C)COCC(=O)O.CC(C)OCC(=O)O.CC(C)SCC(=O)CS(=O)(=O)c1ccccc1.CC(C)SCP(=O)(O)O.CC(C)c1ccc(C(=O)O)cc1.CC(C)c1cccc(C(=O)O)c1.CC(C)c1ccccc1C(=O)O. The third kappa shape index (κ3) is 75.5. The molecule has 10 N–H and O–H groups in total. The molecule has 0 atom stereocenters. The highest BCUT2D eigenvalue weighted by Crippen LogP contribution is 2.39. The van der Waals surface area contributed by atoms with Gasteiger partial charge in [-0.25, -0.2) is 42.0 Å². The normalized spacial score (nSPS) is 10.7. The molecule has 0 radical (unpaired) electrons. The number of carbonyl (C=O) groups is 9. The maximum Gasteiger partial charge on any atom is 0.335 e. The van der Waals surface area contributed by atoms with E-state index in [1.165, 1.54) is 41.2 Å². The summed E-state index contributed by atoms with van der Waals surface area (Å²) in [5.74, 6) is -4.59. The molecule has 0 aromatic heterocycles. The topological polar surface area (TPSA) is 426 Å². The van der Waals surface area contributed by atoms with E-state index in [1.54, 1.807) is 86.7 Å². The van der Waals surface area contributed by atoms with Crippen LogP contribution in [0.1, 0.15) is 217 Å². The number of aromatic carboxylic acids is 3. The van der Waals surface area contributed by atoms with Gasteiger partial charge in [0, 0.05) is 25.2 Å². The van der Waals surface area contributed by atoms with Crippen molar-refractivity contribution in [3.8, 4) is 0 Å². The number of carboxylic acids is 8. The largest absolute Gasteiger partial charge is 0.481 e. The number of rotatable bonds is 29. The number of aliphatic carboxylic acids is 5. The van der Waals surface area contributed by atoms with Gasteiger partial charge >= 0.3 is 55.4 Å². The number of ketones is 1. The van der Waals surface area contributed by atoms with Crippen LogP contribution >= 0.6 is 31.1 Å². The van der Waals surface area contributed by atoms with Crippen LogP contribution in [0.25, 0.3) is 0 Å². The van der Waals surface area contributed by atoms with Gasteiger partial charge in [-0.2, -0.15) is 11.8 Å². The summed E-state index contributed by atoms with van der Waals surface area (Å²) in [6, 6.07) is 29.2. The Labute approximate surface area is 619 Å². The molecule has 0 aliphatic heterocycles. The molecule has 4 aromatic carbocycles. The van der Waals surface area contributed by atoms with Gasteiger partial charge in [0.05, 0.1) is 38.9 Å². The van der Waals surface area contributed by atoms with Crippen molar-refractivity contribution < 1.29 is 116 Å². The van der Waals surface area contributed by atoms with Gasteiger partial charge in [0.1, 0.15) is 19.0 Å². The van der Waals surface area contributed by atoms with Crippen LogP contribution in [0.5, 0.6) is 0 Å². The molecule has 0 amide bonds. The van der Waals surface area contributed by atoms with Crippen LogP contribution in [0.15, 0.2) is 132 Å². The maximum absolute atomic E-state index is 11.9. The molecule has 0 fully saturated rings. The van der Waals surface area contributed by atoms with Crippen LogP contribution in [0, 0.1) is 23.7 Å². The molecule has 0 spiro atoms. The Kier molecular flexibility index (Phi) is 64.0. The van der Waals surface area contributed by atoms with Crippen LogP contribution in [0.4, 0.5) is 0 Å². The Hall–Kier alpha value is -7.49. The summed E-state index contributed by atoms with van der Waals surface area (Å²) in [7, 11) is -7.23. The third-order valence-electron chi connectivity index (χ3n) is 11.4. The van der Waals surface area contributed by atoms with Crippen molar-refractivity contribution in [2.24, 2.45) is 23.7 Å². The van der Waals surface area contributed by atoms with Gasteiger partial charge in [0.25, 0.3) is 0 Å². The fourth-order valence-electron chi connectivity index (χ4n) is 6.29. The Bertz CT molecular complexity index is 3190. The molecule has 0 unspecified atom stereocenters. The molecule has 0 heterocycles. The van der Waals surface area contributed by atoms with Crippen molar-refractivity contribution in [2.45, 2.75) is 191 Å². The first-order valence-corrected chi connectivity index (χ1v) is 38.6. The zero-order chi connectivity index (χ0) is 81.3. The number of carboxylic acid groups (broad SMARTS) is 8. The molecule has 0 aliphatic rings. The molecule has 4 aromatic rings. The lowest BCUT2D eigenvalue weighted by Gasteiger charge is -2.07. The average Bonchev–Trinajstić information content (AvgIpc) is 0.862. The lowest BCUT2D eigenvalue weighted by molar-refractivity contribution is -0.144. The second kappa shape index (κ2) is 61.9. The minimum atomic E-state index is -3.76. The van der Waals surface area contributed by atoms with Crippen LogP contribution in [-0.2, 0) is 52.6 Å². The number of allylic oxidation sites excluding steroid dienone is 2. The van der Waals surface area contributed by atoms with E-state index in [4.69, 9.17) is 60.1 Å². The summed E-state index contributed by atoms with van der Waals surface area (Å²) >= 11 is 2.74. The fourth-order valence-corrected chi connectivity index (χ4v) is 10.3. The zero-order valence-electron chi connectivity index (χ0n) is 63.4. The molecular formula is C75H117O24PS3. The van der Waals surface area contributed by atoms with Crippen molar-refractivity contribution >= 4 is 94.5 Å². The van der Waals surface area contributed by atoms with Gasteiger partial charge < -0.3 is 60.1 Å². The van der Waals surface area contributed by atoms with Crippen molar-refractivity contribution in [1.29, 1.82) is 0 Å². The van der Waals surface area contributed by atoms with Crippen LogP contribution in [0.2, 0.25) is 0 Å². The Morgan fingerprint density at radius 3 is 1.24 bits per heavy atom. The molecule has 0 aliphatic carbocycles. The summed E-state index contributed by atoms with van der Waals surface area (Å²) < 4.78 is 43.4. The van der Waals surface area contributed by atoms with Crippen molar-refractivity contribution in [2.75, 3.05) is 36.8 Å². The summed E-state index contributed by atoms with van der Waals surface area (Å²) in [6.45, 7) is 39.4. The maximum atomic E-state index is 11.9. The molecule has 4 rings (SSSR count). The standard InChI is InChI=1S/C12H16O3S2.3C10H12O2.C6H12O3.C6H12O2.2C6H10O2.C5H10O3.C4H11O3PS/c1-10(2)16-8-11(13)9-17(14,15)12-6-4-3-5-7-12;1-7(2)8-3-5-9(6-4-8)10(11)12;1-7(2)8-4-3-5-9(6-8)10(11)12;1-7(2)8-5-3-4-6-9(8)10(11)12;1-5(2)3-9-4-6(7)8;3*1-5(2)3-4-6(7)8;1-4(2)8-3-5(6)7;1-4(2)9-3-8(5,6)7/h3-7,10H,8-9H2,1-2H3;3*3-7H,1-2H3,(H,11,12);5H,3-4H2,1-2H3,(H,7,8);5H,3-4H2,1-2H3,(H,7,8);2*3-5H,1-2H3,(H,7,8);4H,3H2,1-2H3,(H,6,7);4H,3H2,1-2H3,(H2,5,6,7)/b;;;;;;4-3+;4-3-;;. The molecule has 0 saturated carbocycles. The zero-order valence-corrected chi connectivity index (χ0v) is 66.8. The molecule has 0 bridgehead atoms. The van der Waals surface area contributed by atoms with Gasteiger partial charge in [0.15, 0.2) is 15.6 Å². The third-order valence-corrected chi connectivity index (χ3v) is 16.9. The molecular weight excluding hydrogens is 1410 g/mol. The highest BCUT2D eigenvalue weighted by atomic mass is 32.2. The number of sulfone groups is 1. The highest BCUT2D eigenvalue weighted by molar-refractivity contribution is 8.04. The second-order valence-corrected chi connectivity index (χ2v) is 32.7. The quantitative estimate of drug-likeness (QED) is 0.0178. The van der Waals surface area contributed by atoms with Crippen molar-refractivity contribution in [3.63, 3.8) is 0 Å². The first kappa shape index (κ1) is 106. The smallest absolute Gasteiger partial charge is 0.335 e. The highest BCUT2D eigenvalue weighted by Gasteiger charge is 2.19. The summed E-state index contributed by atoms with van der Waals surface area (Å²) in [5.41, 5.74) is 4.18. The number of carbonyl (C=O) groups excluding carboxylic acids is 1. The summed E-state index contributed by atoms with van der Waals surface area (Å²) in [6.07, 6.45) is 6.69. The van der Waals surface area contributed by atoms with Gasteiger partial charge in [-0.05, 0) is 131 Å². The number of hydrogen-bond acceptors (Lipinski definition) is 16. The van der Waals surface area contributed by atoms with E-state index in [9.17, 15) is 56.1 Å². The van der Waals surface area contributed by atoms with Gasteiger partial charge in [-0.15, -0.1) is 11.8 Å². The van der Waals surface area contributed by atoms with E-state index in [1.807, 2.05) is 141 Å². The Morgan fingerprint density at radius 1 is 0.485 bits per heavy atom. The van der Waals surface area contributed by atoms with Crippen LogP contribution < -0.4 is 0 Å². The first-order chi connectivity index (χ1) is 47.3. The molecule has 0 saturated heterocycles. The molecule has 103 heavy (non-hydrogen) atoms. The van der Waals surface area contributed by atoms with E-state index >= 15 is 0 Å². The van der Waals surface area contributed by atoms with Gasteiger partial charge in [-0.1, -0.05) is 197 Å². The van der Waals surface area contributed by atoms with E-state index < -0.39 is 70.9 Å². The summed E-state index contributed by atoms with van der Waals surface area (Å²) in [4.78, 5) is 109. The van der Waals surface area contributed by atoms with Gasteiger partial charge in [-0.3, -0.25) is 14.2 Å². The van der Waals surface area contributed by atoms with Crippen molar-refractivity contribution in [3.05, 3.63) is 161 Å². The number of hydrogen-bond donors (Lipinski definition) is 10. The predicted octanol–water partition coefficient (Wildman–Crippen LogP) is 16.3. The molecule has 24 nitrogen and oxygen atoms in total. The fraction of sp³-hybridized carbons (Fsp3) is 0.507. The monoisotopic (exact) mass is 1530 g/mol. The number of Topliss-reactive ketones (excluding diaryl/α,β-unsaturated/α-hetero) is 1. The Morgan fingerprint density at radius 2 is 0.942 bits per heavy atom. The second-order valence-electron chi connectivity index (χ2n) is 25.5. The van der Waals surface area contributed by atoms with E-state index in [0.717, 1.165) is 29.7 Å². The average molecular weight is 1530 g/mol. The predicted molar refractivity (Wildman–Crippen MR) is 410 cm³/mol.